The highest BCUT2D eigenvalue weighted by Crippen LogP contribution is 2.31. The van der Waals surface area contributed by atoms with E-state index in [4.69, 9.17) is 11.6 Å². The van der Waals surface area contributed by atoms with Crippen molar-refractivity contribution >= 4 is 22.9 Å². The molecule has 0 bridgehead atoms. The summed E-state index contributed by atoms with van der Waals surface area (Å²) in [6, 6.07) is 4.45. The fourth-order valence-electron chi connectivity index (χ4n) is 1.97. The molecule has 1 aromatic heterocycles. The van der Waals surface area contributed by atoms with Crippen LogP contribution in [0.2, 0.25) is 0 Å². The summed E-state index contributed by atoms with van der Waals surface area (Å²) in [6.45, 7) is 8.53. The van der Waals surface area contributed by atoms with E-state index >= 15 is 0 Å². The maximum atomic E-state index is 5.84. The Kier molecular flexibility index (Phi) is 3.55. The second-order valence-electron chi connectivity index (χ2n) is 4.40. The topological polar surface area (TPSA) is 12.9 Å². The fourth-order valence-corrected chi connectivity index (χ4v) is 2.99. The summed E-state index contributed by atoms with van der Waals surface area (Å²) in [4.78, 5) is 5.86. The van der Waals surface area contributed by atoms with E-state index in [0.717, 1.165) is 10.7 Å². The fraction of sp³-hybridized carbons (Fsp3) is 0.357. The monoisotopic (exact) mass is 265 g/mol. The third kappa shape index (κ3) is 2.38. The number of hydrogen-bond acceptors (Lipinski definition) is 2. The predicted octanol–water partition coefficient (Wildman–Crippen LogP) is 4.78. The number of benzene rings is 1. The van der Waals surface area contributed by atoms with Crippen molar-refractivity contribution in [1.29, 1.82) is 0 Å². The zero-order valence-corrected chi connectivity index (χ0v) is 12.2. The Hall–Kier alpha value is -0.860. The average Bonchev–Trinajstić information content (AvgIpc) is 2.65. The highest BCUT2D eigenvalue weighted by molar-refractivity contribution is 7.12. The standard InChI is InChI=1S/C14H16ClNS/c1-8-5-10(3)12(6-9(8)2)14-11(4)17-13(7-15)16-14/h5-6H,7H2,1-4H3. The zero-order valence-electron chi connectivity index (χ0n) is 10.6. The van der Waals surface area contributed by atoms with E-state index in [2.05, 4.69) is 44.8 Å². The van der Waals surface area contributed by atoms with Gasteiger partial charge >= 0.3 is 0 Å². The number of aromatic nitrogens is 1. The molecule has 0 amide bonds. The van der Waals surface area contributed by atoms with Crippen LogP contribution in [0.1, 0.15) is 26.6 Å². The molecule has 0 aliphatic carbocycles. The molecule has 0 radical (unpaired) electrons. The maximum absolute atomic E-state index is 5.84. The van der Waals surface area contributed by atoms with Gasteiger partial charge in [-0.15, -0.1) is 22.9 Å². The van der Waals surface area contributed by atoms with Crippen molar-refractivity contribution in [3.63, 3.8) is 0 Å². The second kappa shape index (κ2) is 4.79. The van der Waals surface area contributed by atoms with Crippen LogP contribution >= 0.6 is 22.9 Å². The van der Waals surface area contributed by atoms with Gasteiger partial charge in [-0.25, -0.2) is 4.98 Å². The molecule has 1 aromatic carbocycles. The molecule has 90 valence electrons. The summed E-state index contributed by atoms with van der Waals surface area (Å²) in [6.07, 6.45) is 0. The highest BCUT2D eigenvalue weighted by Gasteiger charge is 2.12. The van der Waals surface area contributed by atoms with E-state index in [0.29, 0.717) is 5.88 Å². The quantitative estimate of drug-likeness (QED) is 0.712. The first-order chi connectivity index (χ1) is 8.02. The van der Waals surface area contributed by atoms with Crippen molar-refractivity contribution in [2.45, 2.75) is 33.6 Å². The molecule has 2 aromatic rings. The molecule has 2 rings (SSSR count). The lowest BCUT2D eigenvalue weighted by Gasteiger charge is -2.08. The molecule has 0 fully saturated rings. The average molecular weight is 266 g/mol. The SMILES string of the molecule is Cc1cc(C)c(-c2nc(CCl)sc2C)cc1C. The second-order valence-corrected chi connectivity index (χ2v) is 5.95. The minimum atomic E-state index is 0.495. The van der Waals surface area contributed by atoms with Gasteiger partial charge in [0.2, 0.25) is 0 Å². The minimum Gasteiger partial charge on any atom is -0.240 e. The van der Waals surface area contributed by atoms with E-state index < -0.39 is 0 Å². The molecule has 17 heavy (non-hydrogen) atoms. The van der Waals surface area contributed by atoms with Gasteiger partial charge in [-0.05, 0) is 50.5 Å². The molecular formula is C14H16ClNS. The minimum absolute atomic E-state index is 0.495. The van der Waals surface area contributed by atoms with E-state index in [1.165, 1.54) is 27.1 Å². The van der Waals surface area contributed by atoms with Crippen molar-refractivity contribution in [2.24, 2.45) is 0 Å². The third-order valence-corrected chi connectivity index (χ3v) is 4.43. The van der Waals surface area contributed by atoms with Crippen molar-refractivity contribution in [3.05, 3.63) is 38.7 Å². The van der Waals surface area contributed by atoms with Crippen molar-refractivity contribution in [1.82, 2.24) is 4.98 Å². The molecule has 0 saturated heterocycles. The Morgan fingerprint density at radius 1 is 1.06 bits per heavy atom. The molecule has 1 heterocycles. The molecule has 0 aliphatic rings. The number of nitrogens with zero attached hydrogens (tertiary/aromatic N) is 1. The first-order valence-corrected chi connectivity index (χ1v) is 6.98. The van der Waals surface area contributed by atoms with Gasteiger partial charge < -0.3 is 0 Å². The summed E-state index contributed by atoms with van der Waals surface area (Å²) in [7, 11) is 0. The molecule has 0 N–H and O–H groups in total. The van der Waals surface area contributed by atoms with E-state index in [1.807, 2.05) is 0 Å². The van der Waals surface area contributed by atoms with Crippen LogP contribution in [-0.2, 0) is 5.88 Å². The Labute approximate surface area is 111 Å². The van der Waals surface area contributed by atoms with E-state index in [9.17, 15) is 0 Å². The van der Waals surface area contributed by atoms with Gasteiger partial charge in [0.25, 0.3) is 0 Å². The predicted molar refractivity (Wildman–Crippen MR) is 76.1 cm³/mol. The lowest BCUT2D eigenvalue weighted by molar-refractivity contribution is 1.23. The molecule has 0 aliphatic heterocycles. The number of rotatable bonds is 2. The summed E-state index contributed by atoms with van der Waals surface area (Å²) < 4.78 is 0. The molecule has 0 saturated carbocycles. The Morgan fingerprint density at radius 3 is 2.29 bits per heavy atom. The molecule has 1 nitrogen and oxygen atoms in total. The third-order valence-electron chi connectivity index (χ3n) is 3.05. The number of halogens is 1. The first kappa shape index (κ1) is 12.6. The summed E-state index contributed by atoms with van der Waals surface area (Å²) in [5, 5.41) is 0.997. The van der Waals surface area contributed by atoms with Crippen LogP contribution in [0, 0.1) is 27.7 Å². The molecule has 0 atom stereocenters. The van der Waals surface area contributed by atoms with Crippen LogP contribution in [0.15, 0.2) is 12.1 Å². The van der Waals surface area contributed by atoms with E-state index in [-0.39, 0.29) is 0 Å². The van der Waals surface area contributed by atoms with Gasteiger partial charge in [-0.1, -0.05) is 6.07 Å². The maximum Gasteiger partial charge on any atom is 0.108 e. The summed E-state index contributed by atoms with van der Waals surface area (Å²) in [5.41, 5.74) is 6.24. The molecule has 3 heteroatoms. The summed E-state index contributed by atoms with van der Waals surface area (Å²) >= 11 is 7.53. The number of aryl methyl sites for hydroxylation is 4. The Bertz CT molecular complexity index is 558. The lowest BCUT2D eigenvalue weighted by atomic mass is 9.98. The highest BCUT2D eigenvalue weighted by atomic mass is 35.5. The summed E-state index contributed by atoms with van der Waals surface area (Å²) in [5.74, 6) is 0.495. The van der Waals surface area contributed by atoms with Crippen molar-refractivity contribution in [3.8, 4) is 11.3 Å². The largest absolute Gasteiger partial charge is 0.240 e. The van der Waals surface area contributed by atoms with Crippen molar-refractivity contribution < 1.29 is 0 Å². The number of hydrogen-bond donors (Lipinski definition) is 0. The van der Waals surface area contributed by atoms with Gasteiger partial charge in [-0.2, -0.15) is 0 Å². The van der Waals surface area contributed by atoms with Crippen LogP contribution in [0.4, 0.5) is 0 Å². The normalized spacial score (nSPS) is 10.9. The van der Waals surface area contributed by atoms with Gasteiger partial charge in [-0.3, -0.25) is 0 Å². The van der Waals surface area contributed by atoms with Crippen LogP contribution in [0.5, 0.6) is 0 Å². The van der Waals surface area contributed by atoms with Crippen molar-refractivity contribution in [2.75, 3.05) is 0 Å². The molecular weight excluding hydrogens is 250 g/mol. The van der Waals surface area contributed by atoms with E-state index in [1.54, 1.807) is 11.3 Å². The molecule has 0 unspecified atom stereocenters. The van der Waals surface area contributed by atoms with Crippen LogP contribution in [0.3, 0.4) is 0 Å². The van der Waals surface area contributed by atoms with Gasteiger partial charge in [0.15, 0.2) is 0 Å². The van der Waals surface area contributed by atoms with Crippen LogP contribution < -0.4 is 0 Å². The van der Waals surface area contributed by atoms with Crippen LogP contribution in [-0.4, -0.2) is 4.98 Å². The Balaban J connectivity index is 2.59. The lowest BCUT2D eigenvalue weighted by Crippen LogP contribution is -1.90. The van der Waals surface area contributed by atoms with Gasteiger partial charge in [0.05, 0.1) is 11.6 Å². The van der Waals surface area contributed by atoms with Crippen LogP contribution in [0.25, 0.3) is 11.3 Å². The smallest absolute Gasteiger partial charge is 0.108 e. The van der Waals surface area contributed by atoms with Gasteiger partial charge in [0, 0.05) is 10.4 Å². The Morgan fingerprint density at radius 2 is 1.71 bits per heavy atom. The number of thiazole rings is 1. The zero-order chi connectivity index (χ0) is 12.6. The number of alkyl halides is 1. The molecule has 0 spiro atoms. The first-order valence-electron chi connectivity index (χ1n) is 5.63. The van der Waals surface area contributed by atoms with Gasteiger partial charge in [0.1, 0.15) is 5.01 Å².